The molecular weight excluding hydrogens is 1050 g/mol. The first-order chi connectivity index (χ1) is 40.4. The number of ether oxygens (including phenoxy) is 1. The first-order valence-electron chi connectivity index (χ1n) is 36.7. The van der Waals surface area contributed by atoms with Gasteiger partial charge in [-0.25, -0.2) is 4.57 Å². The molecule has 0 rings (SSSR count). The number of rotatable bonds is 68. The van der Waals surface area contributed by atoms with E-state index in [9.17, 15) is 19.0 Å². The third-order valence-corrected chi connectivity index (χ3v) is 17.9. The van der Waals surface area contributed by atoms with E-state index in [4.69, 9.17) is 13.8 Å². The third-order valence-electron chi connectivity index (χ3n) is 16.9. The minimum atomic E-state index is -4.45. The van der Waals surface area contributed by atoms with Crippen molar-refractivity contribution < 1.29 is 37.3 Å². The van der Waals surface area contributed by atoms with Gasteiger partial charge in [0.25, 0.3) is 0 Å². The number of phosphoric acid groups is 1. The summed E-state index contributed by atoms with van der Waals surface area (Å²) in [5, 5.41) is 3.08. The number of likely N-dealkylation sites (N-methyl/N-ethyl adjacent to an activating group) is 1. The van der Waals surface area contributed by atoms with Gasteiger partial charge in [-0.1, -0.05) is 334 Å². The molecule has 0 bridgehead atoms. The number of hydrogen-bond donors (Lipinski definition) is 2. The molecule has 0 aliphatic rings. The molecule has 0 saturated heterocycles. The zero-order chi connectivity index (χ0) is 60.7. The molecule has 3 unspecified atom stereocenters. The predicted molar refractivity (Wildman–Crippen MR) is 360 cm³/mol. The summed E-state index contributed by atoms with van der Waals surface area (Å²) in [5.74, 6) is -0.481. The normalized spacial score (nSPS) is 13.6. The van der Waals surface area contributed by atoms with Crippen LogP contribution in [0, 0.1) is 0 Å². The van der Waals surface area contributed by atoms with Gasteiger partial charge >= 0.3 is 13.8 Å². The Morgan fingerprint density at radius 1 is 0.410 bits per heavy atom. The standard InChI is InChI=1S/C73H143N2O7P/c1-7-10-13-16-19-22-25-28-30-32-34-36-37-39-40-42-44-47-50-53-56-59-62-65-72(76)74-70(69-81-83(78,79)80-68-67-75(4,5)6)71(64-61-58-55-52-49-46-27-24-21-18-15-12-9-3)82-73(77)66-63-60-57-54-51-48-45-43-41-38-35-33-31-29-26-23-20-17-14-11-8-2/h29,31,61,64,70-71H,7-28,30,32-60,62-63,65-69H2,1-6H3,(H-,74,76,78,79)/p+1/b31-29+,64-61+. The minimum Gasteiger partial charge on any atom is -0.456 e. The lowest BCUT2D eigenvalue weighted by atomic mass is 10.0. The van der Waals surface area contributed by atoms with E-state index >= 15 is 0 Å². The maximum Gasteiger partial charge on any atom is 0.472 e. The van der Waals surface area contributed by atoms with Crippen molar-refractivity contribution in [3.05, 3.63) is 24.3 Å². The lowest BCUT2D eigenvalue weighted by Gasteiger charge is -2.27. The molecule has 2 N–H and O–H groups in total. The summed E-state index contributed by atoms with van der Waals surface area (Å²) in [4.78, 5) is 37.9. The number of carbonyl (C=O) groups excluding carboxylic acids is 2. The Morgan fingerprint density at radius 2 is 0.699 bits per heavy atom. The van der Waals surface area contributed by atoms with Crippen molar-refractivity contribution >= 4 is 19.7 Å². The van der Waals surface area contributed by atoms with Crippen molar-refractivity contribution in [1.82, 2.24) is 5.32 Å². The Kier molecular flexibility index (Phi) is 62.4. The molecule has 83 heavy (non-hydrogen) atoms. The Labute approximate surface area is 517 Å². The van der Waals surface area contributed by atoms with Crippen LogP contribution in [0.3, 0.4) is 0 Å². The highest BCUT2D eigenvalue weighted by Gasteiger charge is 2.30. The van der Waals surface area contributed by atoms with E-state index < -0.39 is 20.0 Å². The summed E-state index contributed by atoms with van der Waals surface area (Å²) >= 11 is 0. The minimum absolute atomic E-state index is 0.0444. The molecule has 0 spiro atoms. The van der Waals surface area contributed by atoms with Gasteiger partial charge in [-0.3, -0.25) is 18.6 Å². The topological polar surface area (TPSA) is 111 Å². The molecule has 10 heteroatoms. The van der Waals surface area contributed by atoms with E-state index in [1.165, 1.54) is 289 Å². The fourth-order valence-electron chi connectivity index (χ4n) is 11.2. The number of quaternary nitrogens is 1. The number of nitrogens with zero attached hydrogens (tertiary/aromatic N) is 1. The number of unbranched alkanes of at least 4 members (excludes halogenated alkanes) is 50. The van der Waals surface area contributed by atoms with Gasteiger partial charge in [0.1, 0.15) is 19.3 Å². The van der Waals surface area contributed by atoms with Crippen LogP contribution >= 0.6 is 7.82 Å². The highest BCUT2D eigenvalue weighted by atomic mass is 31.2. The number of hydrogen-bond acceptors (Lipinski definition) is 6. The second-order valence-electron chi connectivity index (χ2n) is 26.5. The van der Waals surface area contributed by atoms with Gasteiger partial charge in [0.05, 0.1) is 33.8 Å². The van der Waals surface area contributed by atoms with E-state index in [2.05, 4.69) is 44.3 Å². The molecular formula is C73H144N2O7P+. The number of carbonyl (C=O) groups is 2. The van der Waals surface area contributed by atoms with Crippen molar-refractivity contribution in [2.24, 2.45) is 0 Å². The third kappa shape index (κ3) is 64.8. The molecule has 0 saturated carbocycles. The van der Waals surface area contributed by atoms with Crippen molar-refractivity contribution in [2.45, 2.75) is 392 Å². The van der Waals surface area contributed by atoms with Gasteiger partial charge in [0, 0.05) is 12.8 Å². The van der Waals surface area contributed by atoms with Crippen LogP contribution in [0.25, 0.3) is 0 Å². The average molecular weight is 1190 g/mol. The molecule has 1 amide bonds. The van der Waals surface area contributed by atoms with Gasteiger partial charge in [-0.15, -0.1) is 0 Å². The first kappa shape index (κ1) is 81.5. The number of amides is 1. The summed E-state index contributed by atoms with van der Waals surface area (Å²) in [6.07, 6.45) is 77.6. The van der Waals surface area contributed by atoms with Gasteiger partial charge in [-0.05, 0) is 57.4 Å². The number of allylic oxidation sites excluding steroid dienone is 3. The fraction of sp³-hybridized carbons (Fsp3) is 0.918. The largest absolute Gasteiger partial charge is 0.472 e. The predicted octanol–water partition coefficient (Wildman–Crippen LogP) is 23.2. The molecule has 0 aromatic rings. The Morgan fingerprint density at radius 3 is 1.02 bits per heavy atom. The summed E-state index contributed by atoms with van der Waals surface area (Å²) in [6.45, 7) is 7.09. The quantitative estimate of drug-likeness (QED) is 0.0205. The second-order valence-corrected chi connectivity index (χ2v) is 27.9. The monoisotopic (exact) mass is 1190 g/mol. The van der Waals surface area contributed by atoms with E-state index in [1.54, 1.807) is 0 Å². The lowest BCUT2D eigenvalue weighted by molar-refractivity contribution is -0.870. The van der Waals surface area contributed by atoms with E-state index in [1.807, 2.05) is 27.2 Å². The van der Waals surface area contributed by atoms with Gasteiger partial charge in [0.2, 0.25) is 5.91 Å². The summed E-state index contributed by atoms with van der Waals surface area (Å²) in [7, 11) is 1.52. The van der Waals surface area contributed by atoms with Crippen LogP contribution in [0.15, 0.2) is 24.3 Å². The Balaban J connectivity index is 5.05. The van der Waals surface area contributed by atoms with Crippen molar-refractivity contribution in [2.75, 3.05) is 40.9 Å². The average Bonchev–Trinajstić information content (AvgIpc) is 3.47. The fourth-order valence-corrected chi connectivity index (χ4v) is 12.0. The Bertz CT molecular complexity index is 1470. The van der Waals surface area contributed by atoms with Crippen LogP contribution in [-0.2, 0) is 27.9 Å². The molecule has 0 aliphatic heterocycles. The van der Waals surface area contributed by atoms with Crippen molar-refractivity contribution in [1.29, 1.82) is 0 Å². The van der Waals surface area contributed by atoms with Crippen LogP contribution in [0.4, 0.5) is 0 Å². The summed E-state index contributed by atoms with van der Waals surface area (Å²) in [5.41, 5.74) is 0. The van der Waals surface area contributed by atoms with Crippen LogP contribution in [0.1, 0.15) is 380 Å². The second kappa shape index (κ2) is 63.5. The highest BCUT2D eigenvalue weighted by Crippen LogP contribution is 2.43. The van der Waals surface area contributed by atoms with Crippen LogP contribution < -0.4 is 5.32 Å². The molecule has 0 fully saturated rings. The molecule has 492 valence electrons. The molecule has 9 nitrogen and oxygen atoms in total. The maximum atomic E-state index is 13.6. The molecule has 0 aromatic carbocycles. The maximum absolute atomic E-state index is 13.6. The van der Waals surface area contributed by atoms with E-state index in [0.717, 1.165) is 57.8 Å². The summed E-state index contributed by atoms with van der Waals surface area (Å²) in [6, 6.07) is -0.844. The van der Waals surface area contributed by atoms with E-state index in [0.29, 0.717) is 23.9 Å². The smallest absolute Gasteiger partial charge is 0.456 e. The summed E-state index contributed by atoms with van der Waals surface area (Å²) < 4.78 is 30.9. The number of nitrogens with one attached hydrogen (secondary N) is 1. The molecule has 0 radical (unpaired) electrons. The zero-order valence-corrected chi connectivity index (χ0v) is 57.4. The zero-order valence-electron chi connectivity index (χ0n) is 56.5. The van der Waals surface area contributed by atoms with Crippen LogP contribution in [-0.4, -0.2) is 74.3 Å². The highest BCUT2D eigenvalue weighted by molar-refractivity contribution is 7.47. The first-order valence-corrected chi connectivity index (χ1v) is 38.2. The van der Waals surface area contributed by atoms with Crippen molar-refractivity contribution in [3.8, 4) is 0 Å². The van der Waals surface area contributed by atoms with Gasteiger partial charge in [0.15, 0.2) is 0 Å². The van der Waals surface area contributed by atoms with Crippen LogP contribution in [0.5, 0.6) is 0 Å². The SMILES string of the molecule is CCCCCCCC/C=C/CCCCCCCCCCCCCC(=O)OC(/C=C/CCCCCCCCCCCCC)C(COP(=O)(O)OCC[N+](C)(C)C)NC(=O)CCCCCCCCCCCCCCCCCCCCCCCCC. The molecule has 0 aromatic heterocycles. The number of esters is 1. The molecule has 0 heterocycles. The van der Waals surface area contributed by atoms with Crippen molar-refractivity contribution in [3.63, 3.8) is 0 Å². The number of phosphoric ester groups is 1. The van der Waals surface area contributed by atoms with Gasteiger partial charge < -0.3 is 19.4 Å². The lowest BCUT2D eigenvalue weighted by Crippen LogP contribution is -2.47. The van der Waals surface area contributed by atoms with Gasteiger partial charge in [-0.2, -0.15) is 0 Å². The Hall–Kier alpha value is -1.51. The van der Waals surface area contributed by atoms with E-state index in [-0.39, 0.29) is 25.1 Å². The molecule has 0 aliphatic carbocycles. The van der Waals surface area contributed by atoms with Crippen LogP contribution in [0.2, 0.25) is 0 Å². The molecule has 3 atom stereocenters.